The van der Waals surface area contributed by atoms with Gasteiger partial charge < -0.3 is 14.7 Å². The highest BCUT2D eigenvalue weighted by Crippen LogP contribution is 2.27. The molecule has 0 radical (unpaired) electrons. The molecule has 2 aromatic rings. The van der Waals surface area contributed by atoms with Crippen LogP contribution in [-0.4, -0.2) is 70.5 Å². The van der Waals surface area contributed by atoms with E-state index < -0.39 is 12.1 Å². The zero-order chi connectivity index (χ0) is 21.0. The summed E-state index contributed by atoms with van der Waals surface area (Å²) in [7, 11) is 0. The molecule has 2 saturated heterocycles. The fourth-order valence-corrected chi connectivity index (χ4v) is 4.30. The smallest absolute Gasteiger partial charge is 0.475 e. The maximum atomic E-state index is 10.6. The van der Waals surface area contributed by atoms with Gasteiger partial charge in [0, 0.05) is 48.3 Å². The molecule has 2 aliphatic rings. The van der Waals surface area contributed by atoms with Crippen LogP contribution in [0, 0.1) is 6.92 Å². The number of rotatable bonds is 3. The second-order valence-corrected chi connectivity index (χ2v) is 8.10. The summed E-state index contributed by atoms with van der Waals surface area (Å²) in [6.07, 6.45) is -1.19. The van der Waals surface area contributed by atoms with Gasteiger partial charge in [-0.15, -0.1) is 11.3 Å². The van der Waals surface area contributed by atoms with Crippen LogP contribution in [0.2, 0.25) is 0 Å². The van der Waals surface area contributed by atoms with E-state index in [2.05, 4.69) is 38.8 Å². The Hall–Kier alpha value is -2.24. The molecule has 0 aliphatic carbocycles. The maximum Gasteiger partial charge on any atom is 0.490 e. The van der Waals surface area contributed by atoms with Crippen molar-refractivity contribution in [2.24, 2.45) is 0 Å². The van der Waals surface area contributed by atoms with Gasteiger partial charge in [0.1, 0.15) is 0 Å². The standard InChI is InChI=1S/C16H20N4OS.C2HF3O2/c1-12-3-4-13(22-12)9-19-10-14-15(11-19)21-8-7-20(14)16-17-5-2-6-18-16;3-2(4,5)1(6)7/h2-6,14-15H,7-11H2,1H3;(H,6,7)/t14-,15+;/m1./s1. The summed E-state index contributed by atoms with van der Waals surface area (Å²) in [6, 6.07) is 6.66. The van der Waals surface area contributed by atoms with Crippen LogP contribution in [0.15, 0.2) is 30.6 Å². The van der Waals surface area contributed by atoms with Gasteiger partial charge in [0.2, 0.25) is 5.95 Å². The lowest BCUT2D eigenvalue weighted by Gasteiger charge is -2.36. The van der Waals surface area contributed by atoms with Crippen LogP contribution in [-0.2, 0) is 16.1 Å². The number of ether oxygens (including phenoxy) is 1. The minimum absolute atomic E-state index is 0.263. The Bertz CT molecular complexity index is 818. The van der Waals surface area contributed by atoms with Crippen LogP contribution in [0.3, 0.4) is 0 Å². The van der Waals surface area contributed by atoms with E-state index in [0.29, 0.717) is 6.04 Å². The average Bonchev–Trinajstić information content (AvgIpc) is 3.27. The Morgan fingerprint density at radius 1 is 1.31 bits per heavy atom. The second kappa shape index (κ2) is 9.06. The maximum absolute atomic E-state index is 10.6. The van der Waals surface area contributed by atoms with Gasteiger partial charge in [-0.25, -0.2) is 14.8 Å². The quantitative estimate of drug-likeness (QED) is 0.802. The molecule has 4 rings (SSSR count). The Kier molecular flexibility index (Phi) is 6.70. The summed E-state index contributed by atoms with van der Waals surface area (Å²) in [6.45, 7) is 6.81. The molecule has 0 saturated carbocycles. The van der Waals surface area contributed by atoms with Crippen molar-refractivity contribution in [2.45, 2.75) is 31.8 Å². The second-order valence-electron chi connectivity index (χ2n) is 6.73. The highest BCUT2D eigenvalue weighted by molar-refractivity contribution is 7.11. The van der Waals surface area contributed by atoms with Gasteiger partial charge >= 0.3 is 12.1 Å². The number of fused-ring (bicyclic) bond motifs is 1. The van der Waals surface area contributed by atoms with Gasteiger partial charge in [0.15, 0.2) is 0 Å². The van der Waals surface area contributed by atoms with Crippen LogP contribution in [0.5, 0.6) is 0 Å². The SMILES string of the molecule is Cc1ccc(CN2C[C@@H]3OCCN(c4ncccn4)[C@@H]3C2)s1.O=C(O)C(F)(F)F. The first-order valence-corrected chi connectivity index (χ1v) is 9.78. The molecule has 2 aromatic heterocycles. The number of anilines is 1. The molecule has 7 nitrogen and oxygen atoms in total. The number of aliphatic carboxylic acids is 1. The van der Waals surface area contributed by atoms with Gasteiger partial charge in [0.25, 0.3) is 0 Å². The van der Waals surface area contributed by atoms with E-state index in [4.69, 9.17) is 14.6 Å². The number of hydrogen-bond donors (Lipinski definition) is 1. The van der Waals surface area contributed by atoms with E-state index in [1.54, 1.807) is 0 Å². The van der Waals surface area contributed by atoms with Gasteiger partial charge in [-0.2, -0.15) is 13.2 Å². The number of carboxylic acid groups (broad SMARTS) is 1. The average molecular weight is 430 g/mol. The van der Waals surface area contributed by atoms with E-state index in [9.17, 15) is 13.2 Å². The molecule has 29 heavy (non-hydrogen) atoms. The molecule has 0 amide bonds. The Labute approximate surface area is 169 Å². The topological polar surface area (TPSA) is 78.8 Å². The summed E-state index contributed by atoms with van der Waals surface area (Å²) in [5, 5.41) is 7.12. The number of aryl methyl sites for hydroxylation is 1. The van der Waals surface area contributed by atoms with Crippen molar-refractivity contribution in [1.82, 2.24) is 14.9 Å². The third-order valence-corrected chi connectivity index (χ3v) is 5.59. The van der Waals surface area contributed by atoms with E-state index in [1.807, 2.05) is 29.8 Å². The van der Waals surface area contributed by atoms with Crippen molar-refractivity contribution >= 4 is 23.3 Å². The molecule has 158 valence electrons. The number of morpholine rings is 1. The van der Waals surface area contributed by atoms with Gasteiger partial charge in [-0.1, -0.05) is 0 Å². The number of thiophene rings is 1. The fraction of sp³-hybridized carbons (Fsp3) is 0.500. The molecule has 0 unspecified atom stereocenters. The number of likely N-dealkylation sites (tertiary alicyclic amines) is 1. The van der Waals surface area contributed by atoms with Crippen LogP contribution in [0.25, 0.3) is 0 Å². The number of carboxylic acids is 1. The van der Waals surface area contributed by atoms with Gasteiger partial charge in [0.05, 0.1) is 18.8 Å². The first-order valence-electron chi connectivity index (χ1n) is 8.97. The fourth-order valence-electron chi connectivity index (χ4n) is 3.37. The van der Waals surface area contributed by atoms with Crippen LogP contribution >= 0.6 is 11.3 Å². The Balaban J connectivity index is 0.000000298. The molecule has 11 heteroatoms. The first-order chi connectivity index (χ1) is 13.7. The number of hydrogen-bond acceptors (Lipinski definition) is 7. The molecular formula is C18H21F3N4O3S. The van der Waals surface area contributed by atoms with Crippen molar-refractivity contribution in [2.75, 3.05) is 31.1 Å². The summed E-state index contributed by atoms with van der Waals surface area (Å²) in [5.74, 6) is -1.93. The molecule has 0 aromatic carbocycles. The molecule has 0 bridgehead atoms. The highest BCUT2D eigenvalue weighted by atomic mass is 32.1. The highest BCUT2D eigenvalue weighted by Gasteiger charge is 2.41. The minimum Gasteiger partial charge on any atom is -0.475 e. The first kappa shape index (κ1) is 21.5. The molecule has 4 heterocycles. The summed E-state index contributed by atoms with van der Waals surface area (Å²) >= 11 is 1.88. The lowest BCUT2D eigenvalue weighted by atomic mass is 10.1. The summed E-state index contributed by atoms with van der Waals surface area (Å²) < 4.78 is 37.7. The molecule has 2 fully saturated rings. The van der Waals surface area contributed by atoms with Crippen molar-refractivity contribution < 1.29 is 27.8 Å². The predicted molar refractivity (Wildman–Crippen MR) is 101 cm³/mol. The molecular weight excluding hydrogens is 409 g/mol. The number of nitrogens with zero attached hydrogens (tertiary/aromatic N) is 4. The summed E-state index contributed by atoms with van der Waals surface area (Å²) in [5.41, 5.74) is 0. The molecule has 2 aliphatic heterocycles. The lowest BCUT2D eigenvalue weighted by Crippen LogP contribution is -2.51. The largest absolute Gasteiger partial charge is 0.490 e. The lowest BCUT2D eigenvalue weighted by molar-refractivity contribution is -0.192. The van der Waals surface area contributed by atoms with Crippen molar-refractivity contribution in [3.05, 3.63) is 40.3 Å². The van der Waals surface area contributed by atoms with Crippen LogP contribution < -0.4 is 4.90 Å². The minimum atomic E-state index is -5.08. The Morgan fingerprint density at radius 2 is 2.00 bits per heavy atom. The number of alkyl halides is 3. The number of carbonyl (C=O) groups is 1. The van der Waals surface area contributed by atoms with E-state index in [0.717, 1.165) is 38.7 Å². The monoisotopic (exact) mass is 430 g/mol. The van der Waals surface area contributed by atoms with Gasteiger partial charge in [-0.05, 0) is 25.1 Å². The van der Waals surface area contributed by atoms with Gasteiger partial charge in [-0.3, -0.25) is 4.90 Å². The zero-order valence-electron chi connectivity index (χ0n) is 15.7. The van der Waals surface area contributed by atoms with Crippen molar-refractivity contribution in [3.63, 3.8) is 0 Å². The normalized spacial score (nSPS) is 22.0. The molecule has 1 N–H and O–H groups in total. The molecule has 0 spiro atoms. The van der Waals surface area contributed by atoms with E-state index in [1.165, 1.54) is 9.75 Å². The van der Waals surface area contributed by atoms with Crippen molar-refractivity contribution in [3.8, 4) is 0 Å². The van der Waals surface area contributed by atoms with E-state index in [-0.39, 0.29) is 6.10 Å². The van der Waals surface area contributed by atoms with Crippen LogP contribution in [0.1, 0.15) is 9.75 Å². The Morgan fingerprint density at radius 3 is 2.59 bits per heavy atom. The van der Waals surface area contributed by atoms with Crippen LogP contribution in [0.4, 0.5) is 19.1 Å². The molecule has 2 atom stereocenters. The third-order valence-electron chi connectivity index (χ3n) is 4.60. The summed E-state index contributed by atoms with van der Waals surface area (Å²) in [4.78, 5) is 25.3. The number of halogens is 3. The number of aromatic nitrogens is 2. The zero-order valence-corrected chi connectivity index (χ0v) is 16.5. The predicted octanol–water partition coefficient (Wildman–Crippen LogP) is 2.57. The third kappa shape index (κ3) is 5.64. The van der Waals surface area contributed by atoms with Crippen molar-refractivity contribution in [1.29, 1.82) is 0 Å². The van der Waals surface area contributed by atoms with E-state index >= 15 is 0 Å².